The van der Waals surface area contributed by atoms with Gasteiger partial charge in [-0.15, -0.1) is 16.4 Å². The molecule has 5 rings (SSSR count). The van der Waals surface area contributed by atoms with E-state index in [-0.39, 0.29) is 5.91 Å². The van der Waals surface area contributed by atoms with E-state index < -0.39 is 0 Å². The zero-order valence-corrected chi connectivity index (χ0v) is 16.8. The number of piperazine rings is 1. The summed E-state index contributed by atoms with van der Waals surface area (Å²) in [4.78, 5) is 22.5. The molecule has 1 aromatic carbocycles. The number of hydrogen-bond donors (Lipinski definition) is 0. The second kappa shape index (κ2) is 8.13. The first kappa shape index (κ1) is 18.6. The number of carbonyl (C=O) groups is 1. The van der Waals surface area contributed by atoms with Crippen LogP contribution in [0.4, 0.5) is 0 Å². The molecule has 0 atom stereocenters. The Balaban J connectivity index is 1.19. The molecule has 4 aromatic rings. The Morgan fingerprint density at radius 2 is 2.03 bits per heavy atom. The van der Waals surface area contributed by atoms with Gasteiger partial charge in [-0.05, 0) is 40.1 Å². The van der Waals surface area contributed by atoms with E-state index in [9.17, 15) is 4.79 Å². The second-order valence-electron chi connectivity index (χ2n) is 6.86. The zero-order chi connectivity index (χ0) is 20.3. The van der Waals surface area contributed by atoms with Gasteiger partial charge in [0.25, 0.3) is 5.91 Å². The summed E-state index contributed by atoms with van der Waals surface area (Å²) in [5.41, 5.74) is 1.37. The van der Waals surface area contributed by atoms with Crippen molar-refractivity contribution in [2.24, 2.45) is 0 Å². The molecule has 1 amide bonds. The van der Waals surface area contributed by atoms with Crippen LogP contribution in [0.15, 0.2) is 52.6 Å². The monoisotopic (exact) mass is 422 g/mol. The van der Waals surface area contributed by atoms with Gasteiger partial charge < -0.3 is 9.42 Å². The number of aromatic nitrogens is 6. The maximum absolute atomic E-state index is 12.9. The molecule has 0 N–H and O–H groups in total. The van der Waals surface area contributed by atoms with Crippen LogP contribution >= 0.6 is 11.3 Å². The molecule has 0 aliphatic carbocycles. The molecule has 0 saturated carbocycles. The lowest BCUT2D eigenvalue weighted by Gasteiger charge is -2.34. The van der Waals surface area contributed by atoms with Crippen LogP contribution in [0.2, 0.25) is 0 Å². The number of carbonyl (C=O) groups excluding carboxylic acids is 1. The largest absolute Gasteiger partial charge is 0.338 e. The molecule has 30 heavy (non-hydrogen) atoms. The zero-order valence-electron chi connectivity index (χ0n) is 16.0. The smallest absolute Gasteiger partial charge is 0.254 e. The highest BCUT2D eigenvalue weighted by Crippen LogP contribution is 2.22. The van der Waals surface area contributed by atoms with E-state index in [1.807, 2.05) is 40.6 Å². The number of thiophene rings is 1. The molecule has 1 aliphatic heterocycles. The van der Waals surface area contributed by atoms with Crippen molar-refractivity contribution >= 4 is 17.2 Å². The summed E-state index contributed by atoms with van der Waals surface area (Å²) in [7, 11) is 0. The Morgan fingerprint density at radius 3 is 2.80 bits per heavy atom. The summed E-state index contributed by atoms with van der Waals surface area (Å²) >= 11 is 1.58. The van der Waals surface area contributed by atoms with Crippen molar-refractivity contribution in [2.75, 3.05) is 26.2 Å². The van der Waals surface area contributed by atoms with E-state index in [0.29, 0.717) is 36.9 Å². The first-order chi connectivity index (χ1) is 14.8. The van der Waals surface area contributed by atoms with Gasteiger partial charge in [0, 0.05) is 31.7 Å². The summed E-state index contributed by atoms with van der Waals surface area (Å²) < 4.78 is 6.92. The molecule has 1 fully saturated rings. The molecular formula is C19H18N8O2S. The quantitative estimate of drug-likeness (QED) is 0.479. The Hall–Kier alpha value is -3.44. The van der Waals surface area contributed by atoms with Crippen LogP contribution in [-0.2, 0) is 6.54 Å². The van der Waals surface area contributed by atoms with Crippen molar-refractivity contribution in [1.82, 2.24) is 40.1 Å². The van der Waals surface area contributed by atoms with Crippen LogP contribution in [0.25, 0.3) is 16.4 Å². The van der Waals surface area contributed by atoms with E-state index in [4.69, 9.17) is 4.52 Å². The Morgan fingerprint density at radius 1 is 1.13 bits per heavy atom. The van der Waals surface area contributed by atoms with Gasteiger partial charge in [0.1, 0.15) is 6.33 Å². The first-order valence-electron chi connectivity index (χ1n) is 9.48. The minimum Gasteiger partial charge on any atom is -0.338 e. The number of hydrogen-bond acceptors (Lipinski definition) is 9. The third-order valence-electron chi connectivity index (χ3n) is 4.93. The first-order valence-corrected chi connectivity index (χ1v) is 10.4. The van der Waals surface area contributed by atoms with Gasteiger partial charge in [-0.1, -0.05) is 17.3 Å². The van der Waals surface area contributed by atoms with Gasteiger partial charge in [-0.25, -0.2) is 4.68 Å². The topological polar surface area (TPSA) is 106 Å². The van der Waals surface area contributed by atoms with Crippen LogP contribution in [0, 0.1) is 0 Å². The minimum atomic E-state index is 0.00217. The molecule has 152 valence electrons. The average molecular weight is 422 g/mol. The fourth-order valence-electron chi connectivity index (χ4n) is 3.37. The maximum Gasteiger partial charge on any atom is 0.254 e. The van der Waals surface area contributed by atoms with Crippen molar-refractivity contribution in [3.63, 3.8) is 0 Å². The van der Waals surface area contributed by atoms with Gasteiger partial charge in [0.05, 0.1) is 17.1 Å². The highest BCUT2D eigenvalue weighted by atomic mass is 32.1. The van der Waals surface area contributed by atoms with Gasteiger partial charge >= 0.3 is 0 Å². The average Bonchev–Trinajstić information content (AvgIpc) is 3.56. The highest BCUT2D eigenvalue weighted by molar-refractivity contribution is 7.13. The summed E-state index contributed by atoms with van der Waals surface area (Å²) in [6.07, 6.45) is 1.50. The van der Waals surface area contributed by atoms with E-state index in [2.05, 4.69) is 30.6 Å². The van der Waals surface area contributed by atoms with E-state index in [0.717, 1.165) is 23.7 Å². The predicted octanol–water partition coefficient (Wildman–Crippen LogP) is 1.73. The fourth-order valence-corrected chi connectivity index (χ4v) is 4.02. The lowest BCUT2D eigenvalue weighted by molar-refractivity contribution is 0.0615. The van der Waals surface area contributed by atoms with Gasteiger partial charge in [0.15, 0.2) is 0 Å². The fraction of sp³-hybridized carbons (Fsp3) is 0.263. The van der Waals surface area contributed by atoms with Gasteiger partial charge in [-0.2, -0.15) is 4.98 Å². The standard InChI is InChI=1S/C19H18N8O2S/c28-19(14-3-1-4-15(11-14)27-13-20-23-24-27)26-8-6-25(7-9-26)12-17-21-18(22-29-17)16-5-2-10-30-16/h1-5,10-11,13H,6-9,12H2. The summed E-state index contributed by atoms with van der Waals surface area (Å²) in [6.45, 7) is 3.35. The van der Waals surface area contributed by atoms with Crippen molar-refractivity contribution in [3.05, 3.63) is 59.6 Å². The maximum atomic E-state index is 12.9. The molecule has 0 unspecified atom stereocenters. The Bertz CT molecular complexity index is 1120. The van der Waals surface area contributed by atoms with Crippen molar-refractivity contribution in [3.8, 4) is 16.4 Å². The summed E-state index contributed by atoms with van der Waals surface area (Å²) in [5.74, 6) is 1.21. The van der Waals surface area contributed by atoms with Crippen molar-refractivity contribution < 1.29 is 9.32 Å². The van der Waals surface area contributed by atoms with Crippen molar-refractivity contribution in [1.29, 1.82) is 0 Å². The van der Waals surface area contributed by atoms with Gasteiger partial charge in [-0.3, -0.25) is 9.69 Å². The number of benzene rings is 1. The van der Waals surface area contributed by atoms with E-state index in [1.54, 1.807) is 17.4 Å². The molecule has 11 heteroatoms. The highest BCUT2D eigenvalue weighted by Gasteiger charge is 2.24. The molecule has 4 heterocycles. The third-order valence-corrected chi connectivity index (χ3v) is 5.80. The second-order valence-corrected chi connectivity index (χ2v) is 7.81. The molecule has 0 bridgehead atoms. The number of amides is 1. The van der Waals surface area contributed by atoms with Crippen LogP contribution in [0.3, 0.4) is 0 Å². The van der Waals surface area contributed by atoms with Crippen molar-refractivity contribution in [2.45, 2.75) is 6.54 Å². The molecule has 0 radical (unpaired) electrons. The van der Waals surface area contributed by atoms with Crippen LogP contribution in [-0.4, -0.2) is 72.2 Å². The Kier molecular flexibility index (Phi) is 5.03. The van der Waals surface area contributed by atoms with Crippen LogP contribution < -0.4 is 0 Å². The SMILES string of the molecule is O=C(c1cccc(-n2cnnn2)c1)N1CCN(Cc2nc(-c3cccs3)no2)CC1. The minimum absolute atomic E-state index is 0.00217. The third kappa shape index (κ3) is 3.84. The number of tetrazole rings is 1. The van der Waals surface area contributed by atoms with Crippen LogP contribution in [0.1, 0.15) is 16.2 Å². The number of rotatable bonds is 5. The molecule has 0 spiro atoms. The molecule has 1 saturated heterocycles. The molecule has 10 nitrogen and oxygen atoms in total. The van der Waals surface area contributed by atoms with Crippen LogP contribution in [0.5, 0.6) is 0 Å². The predicted molar refractivity (Wildman–Crippen MR) is 108 cm³/mol. The number of nitrogens with zero attached hydrogens (tertiary/aromatic N) is 8. The lowest BCUT2D eigenvalue weighted by atomic mass is 10.1. The lowest BCUT2D eigenvalue weighted by Crippen LogP contribution is -2.48. The molecule has 1 aliphatic rings. The van der Waals surface area contributed by atoms with E-state index in [1.165, 1.54) is 11.0 Å². The normalized spacial score (nSPS) is 14.9. The summed E-state index contributed by atoms with van der Waals surface area (Å²) in [5, 5.41) is 17.2. The van der Waals surface area contributed by atoms with E-state index >= 15 is 0 Å². The molecular weight excluding hydrogens is 404 g/mol. The summed E-state index contributed by atoms with van der Waals surface area (Å²) in [6, 6.07) is 11.2. The Labute approximate surface area is 175 Å². The van der Waals surface area contributed by atoms with Gasteiger partial charge in [0.2, 0.25) is 11.7 Å². The molecule has 3 aromatic heterocycles.